The molecule has 0 aromatic heterocycles. The second-order valence-corrected chi connectivity index (χ2v) is 25.3. The summed E-state index contributed by atoms with van der Waals surface area (Å²) < 4.78 is 23.7. The lowest BCUT2D eigenvalue weighted by Crippen LogP contribution is -2.45. The van der Waals surface area contributed by atoms with E-state index >= 15 is 0 Å². The number of nitrogens with zero attached hydrogens (tertiary/aromatic N) is 1. The van der Waals surface area contributed by atoms with Gasteiger partial charge in [0.1, 0.15) is 13.2 Å². The second-order valence-electron chi connectivity index (χ2n) is 23.8. The maximum absolute atomic E-state index is 13.0. The zero-order valence-corrected chi connectivity index (χ0v) is 53.5. The van der Waals surface area contributed by atoms with E-state index in [4.69, 9.17) is 9.05 Å². The molecule has 0 radical (unpaired) electrons. The van der Waals surface area contributed by atoms with Crippen LogP contribution in [0.25, 0.3) is 0 Å². The Morgan fingerprint density at radius 3 is 1.11 bits per heavy atom. The van der Waals surface area contributed by atoms with Gasteiger partial charge in [0.25, 0.3) is 0 Å². The third kappa shape index (κ3) is 63.1. The average Bonchev–Trinajstić information content (AvgIpc) is 3.42. The largest absolute Gasteiger partial charge is 0.472 e. The Morgan fingerprint density at radius 1 is 0.443 bits per heavy atom. The van der Waals surface area contributed by atoms with Crippen LogP contribution in [0.3, 0.4) is 0 Å². The first-order valence-electron chi connectivity index (χ1n) is 33.5. The van der Waals surface area contributed by atoms with Crippen molar-refractivity contribution in [2.24, 2.45) is 0 Å². The third-order valence-electron chi connectivity index (χ3n) is 14.9. The van der Waals surface area contributed by atoms with Crippen molar-refractivity contribution in [3.8, 4) is 0 Å². The van der Waals surface area contributed by atoms with Crippen LogP contribution in [0, 0.1) is 0 Å². The molecule has 460 valence electrons. The molecule has 0 rings (SSSR count). The summed E-state index contributed by atoms with van der Waals surface area (Å²) in [4.78, 5) is 23.3. The minimum absolute atomic E-state index is 0.0615. The number of hydrogen-bond donors (Lipinski definition) is 3. The van der Waals surface area contributed by atoms with Crippen molar-refractivity contribution in [2.45, 2.75) is 315 Å². The summed E-state index contributed by atoms with van der Waals surface area (Å²) in [6.07, 6.45) is 85.8. The van der Waals surface area contributed by atoms with E-state index in [1.807, 2.05) is 27.2 Å². The Labute approximate surface area is 490 Å². The molecule has 3 atom stereocenters. The number of carbonyl (C=O) groups excluding carboxylic acids is 1. The van der Waals surface area contributed by atoms with Crippen LogP contribution in [0.5, 0.6) is 0 Å². The standard InChI is InChI=1S/C70H129N2O6P/c1-6-8-10-12-14-16-18-20-22-24-25-26-27-28-29-30-31-32-33-34-35-36-37-38-39-40-41-42-43-44-45-46-47-48-50-52-54-56-58-60-62-64-70(74)71-68(67-78-79(75,76)77-66-65-72(3,4)5)69(73)63-61-59-57-55-53-51-49-23-21-19-17-15-13-11-9-7-2/h8,10,14,16,20,22,25-26,28-29,31-32,61,63,68-69,73H,6-7,9,11-13,15,17-19,21,23-24,27,30,33-60,62,64-67H2,1-5H3,(H-,71,74,75,76)/p+1/b10-8-,16-14-,22-20-,26-25-,29-28-,32-31-,63-61+. The molecule has 0 saturated carbocycles. The van der Waals surface area contributed by atoms with Crippen molar-refractivity contribution in [1.29, 1.82) is 0 Å². The van der Waals surface area contributed by atoms with E-state index in [1.165, 1.54) is 205 Å². The minimum atomic E-state index is -4.35. The second kappa shape index (κ2) is 60.3. The number of likely N-dealkylation sites (N-methyl/N-ethyl adjacent to an activating group) is 1. The van der Waals surface area contributed by atoms with E-state index < -0.39 is 20.0 Å². The summed E-state index contributed by atoms with van der Waals surface area (Å²) in [6, 6.07) is -0.847. The molecule has 9 heteroatoms. The van der Waals surface area contributed by atoms with Crippen LogP contribution >= 0.6 is 7.82 Å². The van der Waals surface area contributed by atoms with Crippen molar-refractivity contribution in [3.63, 3.8) is 0 Å². The molecule has 0 spiro atoms. The molecule has 1 amide bonds. The SMILES string of the molecule is CC/C=C\C/C=C\C/C=C\C/C=C\C/C=C\C/C=C\CCCCCCCCCCCCCCCCCCCCCCCCC(=O)NC(COP(=O)(O)OCC[N+](C)(C)C)C(O)/C=C/CCCCCCCCCCCCCCCC. The van der Waals surface area contributed by atoms with Gasteiger partial charge in [-0.25, -0.2) is 4.57 Å². The summed E-state index contributed by atoms with van der Waals surface area (Å²) in [5.41, 5.74) is 0. The van der Waals surface area contributed by atoms with Gasteiger partial charge in [0.15, 0.2) is 0 Å². The van der Waals surface area contributed by atoms with Gasteiger partial charge in [0, 0.05) is 6.42 Å². The van der Waals surface area contributed by atoms with Gasteiger partial charge < -0.3 is 19.8 Å². The number of quaternary nitrogens is 1. The molecule has 0 aliphatic carbocycles. The number of carbonyl (C=O) groups is 1. The number of aliphatic hydroxyl groups excluding tert-OH is 1. The van der Waals surface area contributed by atoms with Crippen LogP contribution in [0.15, 0.2) is 85.1 Å². The van der Waals surface area contributed by atoms with E-state index in [2.05, 4.69) is 92.1 Å². The maximum Gasteiger partial charge on any atom is 0.472 e. The van der Waals surface area contributed by atoms with Gasteiger partial charge in [-0.2, -0.15) is 0 Å². The summed E-state index contributed by atoms with van der Waals surface area (Å²) in [7, 11) is 1.58. The number of aliphatic hydroxyl groups is 1. The lowest BCUT2D eigenvalue weighted by molar-refractivity contribution is -0.870. The van der Waals surface area contributed by atoms with Gasteiger partial charge in [0.05, 0.1) is 39.9 Å². The Morgan fingerprint density at radius 2 is 0.759 bits per heavy atom. The number of amides is 1. The fourth-order valence-electron chi connectivity index (χ4n) is 9.70. The van der Waals surface area contributed by atoms with Crippen LogP contribution in [-0.4, -0.2) is 73.4 Å². The number of hydrogen-bond acceptors (Lipinski definition) is 5. The molecule has 3 unspecified atom stereocenters. The summed E-state index contributed by atoms with van der Waals surface area (Å²) in [5.74, 6) is -0.174. The van der Waals surface area contributed by atoms with E-state index in [-0.39, 0.29) is 19.1 Å². The fourth-order valence-corrected chi connectivity index (χ4v) is 10.4. The van der Waals surface area contributed by atoms with E-state index in [0.717, 1.165) is 77.0 Å². The van der Waals surface area contributed by atoms with Crippen molar-refractivity contribution >= 4 is 13.7 Å². The van der Waals surface area contributed by atoms with Crippen LogP contribution in [0.2, 0.25) is 0 Å². The van der Waals surface area contributed by atoms with Gasteiger partial charge in [-0.05, 0) is 70.6 Å². The highest BCUT2D eigenvalue weighted by molar-refractivity contribution is 7.47. The molecule has 0 aromatic rings. The molecule has 0 heterocycles. The average molecular weight is 1130 g/mol. The van der Waals surface area contributed by atoms with Gasteiger partial charge in [-0.3, -0.25) is 13.8 Å². The number of nitrogens with one attached hydrogen (secondary N) is 1. The van der Waals surface area contributed by atoms with Crippen LogP contribution in [0.1, 0.15) is 303 Å². The number of unbranched alkanes of at least 4 members (excludes halogenated alkanes) is 36. The predicted molar refractivity (Wildman–Crippen MR) is 346 cm³/mol. The number of allylic oxidation sites excluding steroid dienone is 13. The Kier molecular flexibility index (Phi) is 58.5. The number of phosphoric acid groups is 1. The Bertz CT molecular complexity index is 1560. The first-order chi connectivity index (χ1) is 38.5. The lowest BCUT2D eigenvalue weighted by atomic mass is 10.0. The Hall–Kier alpha value is -2.32. The zero-order valence-electron chi connectivity index (χ0n) is 52.6. The molecular formula is C70H130N2O6P+. The molecule has 3 N–H and O–H groups in total. The molecule has 0 bridgehead atoms. The van der Waals surface area contributed by atoms with E-state index in [9.17, 15) is 19.4 Å². The molecule has 8 nitrogen and oxygen atoms in total. The van der Waals surface area contributed by atoms with Crippen molar-refractivity contribution in [2.75, 3.05) is 40.9 Å². The highest BCUT2D eigenvalue weighted by Crippen LogP contribution is 2.43. The first kappa shape index (κ1) is 76.7. The molecule has 0 fully saturated rings. The minimum Gasteiger partial charge on any atom is -0.387 e. The maximum atomic E-state index is 13.0. The predicted octanol–water partition coefficient (Wildman–Crippen LogP) is 21.2. The summed E-state index contributed by atoms with van der Waals surface area (Å²) in [5, 5.41) is 14.0. The quantitative estimate of drug-likeness (QED) is 0.0243. The fraction of sp³-hybridized carbons (Fsp3) is 0.786. The molecule has 0 saturated heterocycles. The van der Waals surface area contributed by atoms with Crippen molar-refractivity contribution in [3.05, 3.63) is 85.1 Å². The Balaban J connectivity index is 3.93. The summed E-state index contributed by atoms with van der Waals surface area (Å²) in [6.45, 7) is 4.72. The first-order valence-corrected chi connectivity index (χ1v) is 35.0. The third-order valence-corrected chi connectivity index (χ3v) is 15.9. The van der Waals surface area contributed by atoms with Crippen molar-refractivity contribution in [1.82, 2.24) is 5.32 Å². The molecule has 0 aliphatic rings. The van der Waals surface area contributed by atoms with Crippen molar-refractivity contribution < 1.29 is 32.9 Å². The van der Waals surface area contributed by atoms with Gasteiger partial charge in [0.2, 0.25) is 5.91 Å². The molecule has 0 aliphatic heterocycles. The van der Waals surface area contributed by atoms with Crippen LogP contribution in [-0.2, 0) is 18.4 Å². The highest BCUT2D eigenvalue weighted by Gasteiger charge is 2.28. The summed E-state index contributed by atoms with van der Waals surface area (Å²) >= 11 is 0. The number of phosphoric ester groups is 1. The van der Waals surface area contributed by atoms with Gasteiger partial charge >= 0.3 is 7.82 Å². The van der Waals surface area contributed by atoms with Crippen LogP contribution in [0.4, 0.5) is 0 Å². The van der Waals surface area contributed by atoms with Gasteiger partial charge in [-0.1, -0.05) is 311 Å². The monoisotopic (exact) mass is 1130 g/mol. The number of rotatable bonds is 61. The van der Waals surface area contributed by atoms with E-state index in [1.54, 1.807) is 6.08 Å². The molecule has 0 aromatic carbocycles. The zero-order chi connectivity index (χ0) is 57.7. The molecular weight excluding hydrogens is 996 g/mol. The topological polar surface area (TPSA) is 105 Å². The van der Waals surface area contributed by atoms with Crippen LogP contribution < -0.4 is 5.32 Å². The van der Waals surface area contributed by atoms with Gasteiger partial charge in [-0.15, -0.1) is 0 Å². The smallest absolute Gasteiger partial charge is 0.387 e. The highest BCUT2D eigenvalue weighted by atomic mass is 31.2. The normalized spacial score (nSPS) is 14.3. The van der Waals surface area contributed by atoms with E-state index in [0.29, 0.717) is 17.4 Å². The molecule has 79 heavy (non-hydrogen) atoms. The lowest BCUT2D eigenvalue weighted by Gasteiger charge is -2.25.